The van der Waals surface area contributed by atoms with E-state index in [1.165, 1.54) is 17.5 Å². The first-order valence-electron chi connectivity index (χ1n) is 11.0. The third-order valence-corrected chi connectivity index (χ3v) is 6.16. The Kier molecular flexibility index (Phi) is 6.12. The maximum atomic E-state index is 13.2. The molecule has 1 fully saturated rings. The molecule has 2 atom stereocenters. The Bertz CT molecular complexity index is 1090. The van der Waals surface area contributed by atoms with Crippen LogP contribution in [0.3, 0.4) is 0 Å². The highest BCUT2D eigenvalue weighted by molar-refractivity contribution is 6.00. The summed E-state index contributed by atoms with van der Waals surface area (Å²) in [4.78, 5) is 26.0. The molecule has 0 spiro atoms. The molecule has 1 aliphatic rings. The molecular formula is C24H30N6O2. The van der Waals surface area contributed by atoms with Crippen LogP contribution in [0, 0.1) is 25.7 Å². The van der Waals surface area contributed by atoms with E-state index in [4.69, 9.17) is 0 Å². The minimum absolute atomic E-state index is 0.0233. The number of aryl methyl sites for hydroxylation is 3. The Labute approximate surface area is 187 Å². The molecular weight excluding hydrogens is 404 g/mol. The fourth-order valence-corrected chi connectivity index (χ4v) is 4.21. The number of rotatable bonds is 8. The van der Waals surface area contributed by atoms with Gasteiger partial charge >= 0.3 is 0 Å². The third kappa shape index (κ3) is 4.74. The number of aromatic nitrogens is 4. The molecule has 2 aromatic heterocycles. The van der Waals surface area contributed by atoms with E-state index < -0.39 is 6.04 Å². The lowest BCUT2D eigenvalue weighted by Crippen LogP contribution is -2.48. The number of benzene rings is 1. The molecule has 8 heteroatoms. The quantitative estimate of drug-likeness (QED) is 0.504. The van der Waals surface area contributed by atoms with Crippen LogP contribution in [-0.4, -0.2) is 37.8 Å². The lowest BCUT2D eigenvalue weighted by atomic mass is 9.94. The summed E-state index contributed by atoms with van der Waals surface area (Å²) in [7, 11) is 1.71. The lowest BCUT2D eigenvalue weighted by molar-refractivity contribution is -0.119. The molecule has 168 valence electrons. The molecule has 8 nitrogen and oxygen atoms in total. The highest BCUT2D eigenvalue weighted by Crippen LogP contribution is 2.36. The molecule has 1 aliphatic carbocycles. The number of H-pyrrole nitrogens is 1. The van der Waals surface area contributed by atoms with Crippen molar-refractivity contribution in [2.45, 2.75) is 46.1 Å². The summed E-state index contributed by atoms with van der Waals surface area (Å²) < 4.78 is 1.51. The number of nitrogens with zero attached hydrogens (tertiary/aromatic N) is 3. The summed E-state index contributed by atoms with van der Waals surface area (Å²) in [6.45, 7) is 5.98. The first-order valence-corrected chi connectivity index (χ1v) is 11.0. The zero-order valence-electron chi connectivity index (χ0n) is 19.0. The van der Waals surface area contributed by atoms with Gasteiger partial charge in [-0.1, -0.05) is 31.9 Å². The summed E-state index contributed by atoms with van der Waals surface area (Å²) >= 11 is 0. The highest BCUT2D eigenvalue weighted by atomic mass is 16.2. The number of hydrogen-bond acceptors (Lipinski definition) is 4. The second-order valence-electron chi connectivity index (χ2n) is 8.82. The van der Waals surface area contributed by atoms with Crippen molar-refractivity contribution in [2.24, 2.45) is 18.9 Å². The molecule has 32 heavy (non-hydrogen) atoms. The zero-order valence-corrected chi connectivity index (χ0v) is 19.0. The number of hydrogen-bond donors (Lipinski definition) is 3. The molecule has 3 aromatic rings. The molecule has 0 aliphatic heterocycles. The smallest absolute Gasteiger partial charge is 0.270 e. The standard InChI is InChI=1S/C24H30N6O2/c1-14(13-17-5-6-17)22(27-23(31)20-11-12-25-30(20)4)24(32)26-19-9-7-18(8-10-19)21-15(2)28-29-16(21)3/h7-12,14,17,22H,5-6,13H2,1-4H3,(H,26,32)(H,27,31)(H,28,29)/t14?,22-/m0/s1. The van der Waals surface area contributed by atoms with Crippen LogP contribution in [0.15, 0.2) is 36.5 Å². The van der Waals surface area contributed by atoms with Crippen LogP contribution in [0.4, 0.5) is 5.69 Å². The fraction of sp³-hybridized carbons (Fsp3) is 0.417. The number of carbonyl (C=O) groups excluding carboxylic acids is 2. The van der Waals surface area contributed by atoms with E-state index in [0.29, 0.717) is 17.3 Å². The van der Waals surface area contributed by atoms with E-state index in [2.05, 4.69) is 25.9 Å². The SMILES string of the molecule is Cc1n[nH]c(C)c1-c1ccc(NC(=O)[C@@H](NC(=O)c2ccnn2C)C(C)CC2CC2)cc1. The van der Waals surface area contributed by atoms with Crippen LogP contribution in [0.25, 0.3) is 11.1 Å². The Hall–Kier alpha value is -3.42. The van der Waals surface area contributed by atoms with Crippen LogP contribution in [0.2, 0.25) is 0 Å². The van der Waals surface area contributed by atoms with Crippen molar-refractivity contribution in [3.05, 3.63) is 53.6 Å². The van der Waals surface area contributed by atoms with Gasteiger partial charge in [0.25, 0.3) is 5.91 Å². The van der Waals surface area contributed by atoms with Gasteiger partial charge in [0, 0.05) is 30.2 Å². The average molecular weight is 435 g/mol. The van der Waals surface area contributed by atoms with E-state index >= 15 is 0 Å². The van der Waals surface area contributed by atoms with Gasteiger partial charge in [-0.05, 0) is 55.9 Å². The largest absolute Gasteiger partial charge is 0.339 e. The van der Waals surface area contributed by atoms with Gasteiger partial charge in [0.1, 0.15) is 11.7 Å². The van der Waals surface area contributed by atoms with Gasteiger partial charge < -0.3 is 10.6 Å². The van der Waals surface area contributed by atoms with E-state index in [1.54, 1.807) is 19.3 Å². The molecule has 4 rings (SSSR count). The Balaban J connectivity index is 1.49. The van der Waals surface area contributed by atoms with Crippen molar-refractivity contribution in [1.29, 1.82) is 0 Å². The number of aromatic amines is 1. The van der Waals surface area contributed by atoms with Gasteiger partial charge in [-0.25, -0.2) is 0 Å². The first-order chi connectivity index (χ1) is 15.3. The van der Waals surface area contributed by atoms with Crippen LogP contribution in [-0.2, 0) is 11.8 Å². The van der Waals surface area contributed by atoms with Gasteiger partial charge in [0.2, 0.25) is 5.91 Å². The van der Waals surface area contributed by atoms with Crippen molar-refractivity contribution in [1.82, 2.24) is 25.3 Å². The predicted molar refractivity (Wildman–Crippen MR) is 123 cm³/mol. The molecule has 2 heterocycles. The topological polar surface area (TPSA) is 105 Å². The number of anilines is 1. The fourth-order valence-electron chi connectivity index (χ4n) is 4.21. The molecule has 1 saturated carbocycles. The highest BCUT2D eigenvalue weighted by Gasteiger charge is 2.33. The van der Waals surface area contributed by atoms with Crippen LogP contribution >= 0.6 is 0 Å². The third-order valence-electron chi connectivity index (χ3n) is 6.16. The van der Waals surface area contributed by atoms with Gasteiger partial charge in [-0.3, -0.25) is 19.4 Å². The normalized spacial score (nSPS) is 15.2. The maximum Gasteiger partial charge on any atom is 0.270 e. The van der Waals surface area contributed by atoms with Crippen LogP contribution in [0.5, 0.6) is 0 Å². The van der Waals surface area contributed by atoms with E-state index in [1.807, 2.05) is 45.0 Å². The van der Waals surface area contributed by atoms with Crippen LogP contribution < -0.4 is 10.6 Å². The summed E-state index contributed by atoms with van der Waals surface area (Å²) in [5.74, 6) is 0.163. The van der Waals surface area contributed by atoms with Crippen molar-refractivity contribution < 1.29 is 9.59 Å². The van der Waals surface area contributed by atoms with Gasteiger partial charge in [0.15, 0.2) is 0 Å². The van der Waals surface area contributed by atoms with E-state index in [9.17, 15) is 9.59 Å². The van der Waals surface area contributed by atoms with Crippen molar-refractivity contribution in [3.8, 4) is 11.1 Å². The minimum atomic E-state index is -0.629. The van der Waals surface area contributed by atoms with Crippen molar-refractivity contribution in [2.75, 3.05) is 5.32 Å². The molecule has 1 unspecified atom stereocenters. The maximum absolute atomic E-state index is 13.2. The molecule has 0 radical (unpaired) electrons. The Morgan fingerprint density at radius 1 is 1.19 bits per heavy atom. The van der Waals surface area contributed by atoms with E-state index in [-0.39, 0.29) is 17.7 Å². The second-order valence-corrected chi connectivity index (χ2v) is 8.82. The van der Waals surface area contributed by atoms with E-state index in [0.717, 1.165) is 28.9 Å². The Morgan fingerprint density at radius 3 is 2.47 bits per heavy atom. The van der Waals surface area contributed by atoms with Gasteiger partial charge in [-0.15, -0.1) is 0 Å². The van der Waals surface area contributed by atoms with Gasteiger partial charge in [0.05, 0.1) is 5.69 Å². The Morgan fingerprint density at radius 2 is 1.91 bits per heavy atom. The predicted octanol–water partition coefficient (Wildman–Crippen LogP) is 3.60. The zero-order chi connectivity index (χ0) is 22.8. The molecule has 0 bridgehead atoms. The van der Waals surface area contributed by atoms with Gasteiger partial charge in [-0.2, -0.15) is 10.2 Å². The van der Waals surface area contributed by atoms with Crippen molar-refractivity contribution in [3.63, 3.8) is 0 Å². The summed E-state index contributed by atoms with van der Waals surface area (Å²) in [5, 5.41) is 17.2. The average Bonchev–Trinajstić information content (AvgIpc) is 3.37. The summed E-state index contributed by atoms with van der Waals surface area (Å²) in [6.07, 6.45) is 4.88. The monoisotopic (exact) mass is 434 g/mol. The second kappa shape index (κ2) is 8.98. The van der Waals surface area contributed by atoms with Crippen LogP contribution in [0.1, 0.15) is 48.1 Å². The molecule has 3 N–H and O–H groups in total. The summed E-state index contributed by atoms with van der Waals surface area (Å²) in [5.41, 5.74) is 5.17. The summed E-state index contributed by atoms with van der Waals surface area (Å²) in [6, 6.07) is 8.72. The van der Waals surface area contributed by atoms with Crippen molar-refractivity contribution >= 4 is 17.5 Å². The number of carbonyl (C=O) groups is 2. The number of nitrogens with one attached hydrogen (secondary N) is 3. The lowest BCUT2D eigenvalue weighted by Gasteiger charge is -2.24. The molecule has 0 saturated heterocycles. The minimum Gasteiger partial charge on any atom is -0.339 e. The number of amides is 2. The first kappa shape index (κ1) is 21.8. The molecule has 2 amide bonds. The molecule has 1 aromatic carbocycles.